The smallest absolute Gasteiger partial charge is 0.429 e. The van der Waals surface area contributed by atoms with Gasteiger partial charge in [-0.05, 0) is 17.8 Å². The second-order valence-corrected chi connectivity index (χ2v) is 5.02. The molecular formula is C16H19BN2O2. The van der Waals surface area contributed by atoms with Crippen molar-refractivity contribution in [2.45, 2.75) is 19.0 Å². The van der Waals surface area contributed by atoms with E-state index in [1.165, 1.54) is 0 Å². The first kappa shape index (κ1) is 15.3. The van der Waals surface area contributed by atoms with Crippen LogP contribution in [0.5, 0.6) is 0 Å². The highest BCUT2D eigenvalue weighted by Gasteiger charge is 2.29. The highest BCUT2D eigenvalue weighted by atomic mass is 16.5. The number of rotatable bonds is 5. The molecule has 0 heterocycles. The lowest BCUT2D eigenvalue weighted by Crippen LogP contribution is -2.53. The van der Waals surface area contributed by atoms with E-state index in [9.17, 15) is 4.79 Å². The van der Waals surface area contributed by atoms with Crippen LogP contribution in [0.15, 0.2) is 60.7 Å². The van der Waals surface area contributed by atoms with Gasteiger partial charge in [0.2, 0.25) is 0 Å². The predicted octanol–water partition coefficient (Wildman–Crippen LogP) is 0.0100. The molecule has 2 rings (SSSR count). The molecule has 4 nitrogen and oxygen atoms in total. The van der Waals surface area contributed by atoms with Gasteiger partial charge in [0.25, 0.3) is 0 Å². The third-order valence-corrected chi connectivity index (χ3v) is 3.28. The molecule has 4 N–H and O–H groups in total. The molecule has 5 heteroatoms. The summed E-state index contributed by atoms with van der Waals surface area (Å²) in [5.74, 6) is -0.497. The maximum absolute atomic E-state index is 12.1. The van der Waals surface area contributed by atoms with Gasteiger partial charge in [-0.2, -0.15) is 0 Å². The minimum absolute atomic E-state index is 0.454. The van der Waals surface area contributed by atoms with E-state index < -0.39 is 25.0 Å². The van der Waals surface area contributed by atoms with Gasteiger partial charge in [-0.25, -0.2) is 0 Å². The minimum Gasteiger partial charge on any atom is -0.525 e. The Hall–Kier alpha value is -2.11. The van der Waals surface area contributed by atoms with Crippen LogP contribution in [-0.4, -0.2) is 25.0 Å². The Morgan fingerprint density at radius 1 is 0.952 bits per heavy atom. The molecule has 0 radical (unpaired) electrons. The molecule has 0 saturated carbocycles. The maximum atomic E-state index is 12.1. The largest absolute Gasteiger partial charge is 0.525 e. The molecule has 0 aliphatic carbocycles. The monoisotopic (exact) mass is 282 g/mol. The van der Waals surface area contributed by atoms with Gasteiger partial charge in [0.05, 0.1) is 0 Å². The van der Waals surface area contributed by atoms with Crippen LogP contribution >= 0.6 is 0 Å². The van der Waals surface area contributed by atoms with Crippen LogP contribution in [0.1, 0.15) is 6.92 Å². The molecule has 0 saturated heterocycles. The molecule has 21 heavy (non-hydrogen) atoms. The standard InChI is InChI=1S/C16H19BN2O2/c1-12(18)15(19)16(20)21-17(13-8-4-2-5-9-13)14-10-6-3-7-11-14/h2-12,15H,18-19H2,1H3. The van der Waals surface area contributed by atoms with Gasteiger partial charge in [0.1, 0.15) is 6.04 Å². The van der Waals surface area contributed by atoms with E-state index in [-0.39, 0.29) is 0 Å². The van der Waals surface area contributed by atoms with Gasteiger partial charge < -0.3 is 16.1 Å². The summed E-state index contributed by atoms with van der Waals surface area (Å²) in [6, 6.07) is 17.9. The molecule has 0 amide bonds. The first-order valence-electron chi connectivity index (χ1n) is 6.91. The lowest BCUT2D eigenvalue weighted by atomic mass is 9.55. The fourth-order valence-corrected chi connectivity index (χ4v) is 1.99. The maximum Gasteiger partial charge on any atom is 0.429 e. The van der Waals surface area contributed by atoms with Crippen molar-refractivity contribution in [2.24, 2.45) is 11.5 Å². The van der Waals surface area contributed by atoms with Crippen LogP contribution in [0.3, 0.4) is 0 Å². The zero-order valence-electron chi connectivity index (χ0n) is 12.0. The summed E-state index contributed by atoms with van der Waals surface area (Å²) >= 11 is 0. The third-order valence-electron chi connectivity index (χ3n) is 3.28. The summed E-state index contributed by atoms with van der Waals surface area (Å²) < 4.78 is 5.60. The summed E-state index contributed by atoms with van der Waals surface area (Å²) in [6.45, 7) is 1.20. The number of carbonyl (C=O) groups excluding carboxylic acids is 1. The number of carbonyl (C=O) groups is 1. The van der Waals surface area contributed by atoms with Crippen LogP contribution in [0.25, 0.3) is 0 Å². The van der Waals surface area contributed by atoms with Crippen molar-refractivity contribution in [3.8, 4) is 0 Å². The zero-order valence-corrected chi connectivity index (χ0v) is 12.0. The summed E-state index contributed by atoms with van der Waals surface area (Å²) in [5, 5.41) is 0. The summed E-state index contributed by atoms with van der Waals surface area (Å²) in [5.41, 5.74) is 13.2. The van der Waals surface area contributed by atoms with Gasteiger partial charge in [-0.1, -0.05) is 60.7 Å². The van der Waals surface area contributed by atoms with Crippen LogP contribution < -0.4 is 22.4 Å². The normalized spacial score (nSPS) is 13.3. The van der Waals surface area contributed by atoms with E-state index in [0.717, 1.165) is 10.9 Å². The SMILES string of the molecule is CC(N)C(N)C(=O)OB(c1ccccc1)c1ccccc1. The van der Waals surface area contributed by atoms with Crippen molar-refractivity contribution in [1.29, 1.82) is 0 Å². The predicted molar refractivity (Wildman–Crippen MR) is 85.6 cm³/mol. The number of hydrogen-bond acceptors (Lipinski definition) is 4. The van der Waals surface area contributed by atoms with Crippen LogP contribution in [-0.2, 0) is 9.45 Å². The van der Waals surface area contributed by atoms with Crippen molar-refractivity contribution in [2.75, 3.05) is 0 Å². The van der Waals surface area contributed by atoms with Crippen LogP contribution in [0.2, 0.25) is 0 Å². The van der Waals surface area contributed by atoms with Gasteiger partial charge in [-0.3, -0.25) is 4.79 Å². The van der Waals surface area contributed by atoms with Crippen molar-refractivity contribution in [1.82, 2.24) is 0 Å². The summed E-state index contributed by atoms with van der Waals surface area (Å²) in [7, 11) is 0. The Balaban J connectivity index is 2.28. The van der Waals surface area contributed by atoms with Gasteiger partial charge >= 0.3 is 12.9 Å². The molecule has 0 aliphatic heterocycles. The van der Waals surface area contributed by atoms with E-state index in [1.807, 2.05) is 60.7 Å². The topological polar surface area (TPSA) is 78.3 Å². The highest BCUT2D eigenvalue weighted by molar-refractivity contribution is 6.81. The quantitative estimate of drug-likeness (QED) is 0.757. The van der Waals surface area contributed by atoms with E-state index in [0.29, 0.717) is 0 Å². The molecular weight excluding hydrogens is 263 g/mol. The Morgan fingerprint density at radius 2 is 1.38 bits per heavy atom. The minimum atomic E-state index is -0.833. The summed E-state index contributed by atoms with van der Waals surface area (Å²) in [6.07, 6.45) is 0. The summed E-state index contributed by atoms with van der Waals surface area (Å²) in [4.78, 5) is 12.1. The van der Waals surface area contributed by atoms with Crippen molar-refractivity contribution < 1.29 is 9.45 Å². The lowest BCUT2D eigenvalue weighted by Gasteiger charge is -2.20. The zero-order chi connectivity index (χ0) is 15.2. The lowest BCUT2D eigenvalue weighted by molar-refractivity contribution is -0.136. The molecule has 0 aromatic heterocycles. The van der Waals surface area contributed by atoms with E-state index in [2.05, 4.69) is 0 Å². The van der Waals surface area contributed by atoms with E-state index >= 15 is 0 Å². The Bertz CT molecular complexity index is 536. The molecule has 2 aromatic rings. The Morgan fingerprint density at radius 3 is 1.76 bits per heavy atom. The average Bonchev–Trinajstić information content (AvgIpc) is 2.53. The first-order chi connectivity index (χ1) is 10.1. The van der Waals surface area contributed by atoms with Gasteiger partial charge in [0, 0.05) is 6.04 Å². The number of nitrogens with two attached hydrogens (primary N) is 2. The molecule has 2 atom stereocenters. The van der Waals surface area contributed by atoms with Crippen molar-refractivity contribution >= 4 is 23.8 Å². The van der Waals surface area contributed by atoms with Crippen molar-refractivity contribution in [3.63, 3.8) is 0 Å². The van der Waals surface area contributed by atoms with Crippen LogP contribution in [0, 0.1) is 0 Å². The number of hydrogen-bond donors (Lipinski definition) is 2. The second kappa shape index (κ2) is 7.06. The molecule has 2 aromatic carbocycles. The fraction of sp³-hybridized carbons (Fsp3) is 0.188. The van der Waals surface area contributed by atoms with Crippen molar-refractivity contribution in [3.05, 3.63) is 60.7 Å². The molecule has 0 fully saturated rings. The second-order valence-electron chi connectivity index (χ2n) is 5.02. The van der Waals surface area contributed by atoms with E-state index in [1.54, 1.807) is 6.92 Å². The third kappa shape index (κ3) is 3.94. The van der Waals surface area contributed by atoms with E-state index in [4.69, 9.17) is 16.1 Å². The highest BCUT2D eigenvalue weighted by Crippen LogP contribution is 1.98. The Kier molecular flexibility index (Phi) is 5.14. The van der Waals surface area contributed by atoms with Gasteiger partial charge in [-0.15, -0.1) is 0 Å². The fourth-order valence-electron chi connectivity index (χ4n) is 1.99. The molecule has 0 bridgehead atoms. The van der Waals surface area contributed by atoms with Gasteiger partial charge in [0.15, 0.2) is 0 Å². The average molecular weight is 282 g/mol. The molecule has 0 aliphatic rings. The molecule has 108 valence electrons. The molecule has 2 unspecified atom stereocenters. The van der Waals surface area contributed by atoms with Crippen LogP contribution in [0.4, 0.5) is 0 Å². The first-order valence-corrected chi connectivity index (χ1v) is 6.91. The molecule has 0 spiro atoms. The number of benzene rings is 2. The Labute approximate surface area is 125 Å².